The molecular formula is C17H13N7S. The predicted molar refractivity (Wildman–Crippen MR) is 99.0 cm³/mol. The van der Waals surface area contributed by atoms with Gasteiger partial charge in [0.2, 0.25) is 0 Å². The van der Waals surface area contributed by atoms with E-state index in [0.29, 0.717) is 11.6 Å². The van der Waals surface area contributed by atoms with Crippen LogP contribution in [-0.2, 0) is 6.42 Å². The second-order valence-corrected chi connectivity index (χ2v) is 6.58. The molecule has 0 unspecified atom stereocenters. The molecule has 0 atom stereocenters. The zero-order chi connectivity index (χ0) is 16.6. The lowest BCUT2D eigenvalue weighted by atomic mass is 10.1. The van der Waals surface area contributed by atoms with Gasteiger partial charge in [-0.2, -0.15) is 5.10 Å². The fourth-order valence-corrected chi connectivity index (χ4v) is 3.42. The van der Waals surface area contributed by atoms with E-state index >= 15 is 0 Å². The topological polar surface area (TPSA) is 91.7 Å². The Labute approximate surface area is 146 Å². The second kappa shape index (κ2) is 5.75. The summed E-state index contributed by atoms with van der Waals surface area (Å²) in [5, 5.41) is 13.1. The van der Waals surface area contributed by atoms with Crippen LogP contribution in [0.1, 0.15) is 12.0 Å². The summed E-state index contributed by atoms with van der Waals surface area (Å²) in [5.74, 6) is 1.26. The van der Waals surface area contributed by atoms with Crippen molar-refractivity contribution in [1.82, 2.24) is 25.1 Å². The minimum atomic E-state index is 0.586. The van der Waals surface area contributed by atoms with E-state index in [1.54, 1.807) is 12.4 Å². The highest BCUT2D eigenvalue weighted by molar-refractivity contribution is 7.13. The summed E-state index contributed by atoms with van der Waals surface area (Å²) in [4.78, 5) is 17.9. The van der Waals surface area contributed by atoms with E-state index in [9.17, 15) is 0 Å². The highest BCUT2D eigenvalue weighted by Crippen LogP contribution is 2.31. The van der Waals surface area contributed by atoms with Gasteiger partial charge in [0.05, 0.1) is 11.9 Å². The van der Waals surface area contributed by atoms with Gasteiger partial charge in [-0.3, -0.25) is 10.1 Å². The Morgan fingerprint density at radius 3 is 3.12 bits per heavy atom. The molecule has 3 aromatic heterocycles. The van der Waals surface area contributed by atoms with Crippen molar-refractivity contribution in [2.24, 2.45) is 4.99 Å². The van der Waals surface area contributed by atoms with Crippen LogP contribution in [-0.4, -0.2) is 31.4 Å². The van der Waals surface area contributed by atoms with Crippen LogP contribution in [0.2, 0.25) is 0 Å². The number of H-pyrrole nitrogens is 1. The van der Waals surface area contributed by atoms with Gasteiger partial charge in [-0.15, -0.1) is 11.3 Å². The first-order valence-electron chi connectivity index (χ1n) is 7.90. The molecule has 0 radical (unpaired) electrons. The van der Waals surface area contributed by atoms with Crippen molar-refractivity contribution >= 4 is 45.8 Å². The minimum Gasteiger partial charge on any atom is -0.338 e. The van der Waals surface area contributed by atoms with Gasteiger partial charge in [0.25, 0.3) is 0 Å². The molecule has 1 aliphatic rings. The molecule has 25 heavy (non-hydrogen) atoms. The fraction of sp³-hybridized carbons (Fsp3) is 0.118. The Hall–Kier alpha value is -3.13. The van der Waals surface area contributed by atoms with E-state index < -0.39 is 0 Å². The number of aromatic amines is 1. The summed E-state index contributed by atoms with van der Waals surface area (Å²) in [6.45, 7) is 0. The number of nitrogens with one attached hydrogen (secondary N) is 2. The van der Waals surface area contributed by atoms with Crippen molar-refractivity contribution in [2.75, 3.05) is 5.32 Å². The lowest BCUT2D eigenvalue weighted by Gasteiger charge is -2.13. The lowest BCUT2D eigenvalue weighted by molar-refractivity contribution is 1.03. The van der Waals surface area contributed by atoms with Crippen LogP contribution in [0, 0.1) is 0 Å². The second-order valence-electron chi connectivity index (χ2n) is 5.68. The van der Waals surface area contributed by atoms with Crippen LogP contribution in [0.15, 0.2) is 41.0 Å². The van der Waals surface area contributed by atoms with Crippen molar-refractivity contribution in [1.29, 1.82) is 0 Å². The highest BCUT2D eigenvalue weighted by Gasteiger charge is 2.14. The molecule has 0 fully saturated rings. The summed E-state index contributed by atoms with van der Waals surface area (Å²) in [5.41, 5.74) is 4.72. The Kier molecular flexibility index (Phi) is 3.27. The SMILES string of the molecule is C1=Nc2cc(Nc3nc(-c4nccs4)nc4cn[nH]c34)ccc2CC1. The molecule has 2 N–H and O–H groups in total. The van der Waals surface area contributed by atoms with Crippen molar-refractivity contribution in [3.63, 3.8) is 0 Å². The number of hydrogen-bond donors (Lipinski definition) is 2. The third-order valence-electron chi connectivity index (χ3n) is 4.04. The van der Waals surface area contributed by atoms with Crippen LogP contribution in [0.5, 0.6) is 0 Å². The maximum Gasteiger partial charge on any atom is 0.191 e. The summed E-state index contributed by atoms with van der Waals surface area (Å²) in [7, 11) is 0. The van der Waals surface area contributed by atoms with Crippen LogP contribution in [0.4, 0.5) is 17.2 Å². The largest absolute Gasteiger partial charge is 0.338 e. The third kappa shape index (κ3) is 2.56. The minimum absolute atomic E-state index is 0.586. The van der Waals surface area contributed by atoms with Gasteiger partial charge in [0.15, 0.2) is 16.6 Å². The monoisotopic (exact) mass is 347 g/mol. The summed E-state index contributed by atoms with van der Waals surface area (Å²) < 4.78 is 0. The molecule has 0 aliphatic carbocycles. The average Bonchev–Trinajstić information content (AvgIpc) is 3.33. The zero-order valence-electron chi connectivity index (χ0n) is 13.1. The van der Waals surface area contributed by atoms with E-state index in [0.717, 1.165) is 40.3 Å². The number of aliphatic imine (C=N–C) groups is 1. The summed E-state index contributed by atoms with van der Waals surface area (Å²) >= 11 is 1.51. The van der Waals surface area contributed by atoms with E-state index in [4.69, 9.17) is 0 Å². The zero-order valence-corrected chi connectivity index (χ0v) is 13.9. The van der Waals surface area contributed by atoms with Gasteiger partial charge >= 0.3 is 0 Å². The smallest absolute Gasteiger partial charge is 0.191 e. The van der Waals surface area contributed by atoms with Crippen molar-refractivity contribution in [2.45, 2.75) is 12.8 Å². The fourth-order valence-electron chi connectivity index (χ4n) is 2.85. The Bertz CT molecular complexity index is 1080. The molecule has 4 heterocycles. The molecular weight excluding hydrogens is 334 g/mol. The standard InChI is InChI=1S/C17H13N7S/c1-2-10-3-4-11(8-12(10)18-5-1)21-15-14-13(9-20-24-14)22-16(23-15)17-19-6-7-25-17/h3-9H,1-2H2,(H,20,24)(H,21,22,23). The normalized spacial score (nSPS) is 13.1. The first-order chi connectivity index (χ1) is 12.4. The molecule has 0 bridgehead atoms. The van der Waals surface area contributed by atoms with Gasteiger partial charge in [0.1, 0.15) is 11.0 Å². The van der Waals surface area contributed by atoms with E-state index in [1.165, 1.54) is 16.9 Å². The van der Waals surface area contributed by atoms with E-state index in [-0.39, 0.29) is 0 Å². The number of aryl methyl sites for hydroxylation is 1. The van der Waals surface area contributed by atoms with E-state index in [2.05, 4.69) is 41.5 Å². The molecule has 0 saturated carbocycles. The summed E-state index contributed by atoms with van der Waals surface area (Å²) in [6.07, 6.45) is 7.43. The number of anilines is 2. The van der Waals surface area contributed by atoms with Crippen LogP contribution in [0.3, 0.4) is 0 Å². The Balaban J connectivity index is 1.58. The molecule has 1 aliphatic heterocycles. The molecule has 7 nitrogen and oxygen atoms in total. The van der Waals surface area contributed by atoms with Crippen LogP contribution in [0.25, 0.3) is 21.9 Å². The number of aromatic nitrogens is 5. The van der Waals surface area contributed by atoms with Gasteiger partial charge in [-0.05, 0) is 30.5 Å². The molecule has 4 aromatic rings. The number of hydrogen-bond acceptors (Lipinski definition) is 7. The molecule has 5 rings (SSSR count). The molecule has 8 heteroatoms. The maximum atomic E-state index is 4.64. The van der Waals surface area contributed by atoms with Crippen molar-refractivity contribution in [3.8, 4) is 10.8 Å². The van der Waals surface area contributed by atoms with Gasteiger partial charge < -0.3 is 5.32 Å². The first-order valence-corrected chi connectivity index (χ1v) is 8.78. The summed E-state index contributed by atoms with van der Waals surface area (Å²) in [6, 6.07) is 6.20. The number of fused-ring (bicyclic) bond motifs is 2. The highest BCUT2D eigenvalue weighted by atomic mass is 32.1. The molecule has 122 valence electrons. The molecule has 0 amide bonds. The Morgan fingerprint density at radius 2 is 2.20 bits per heavy atom. The van der Waals surface area contributed by atoms with Gasteiger partial charge in [-0.25, -0.2) is 15.0 Å². The van der Waals surface area contributed by atoms with Crippen LogP contribution >= 0.6 is 11.3 Å². The number of rotatable bonds is 3. The third-order valence-corrected chi connectivity index (χ3v) is 4.81. The Morgan fingerprint density at radius 1 is 1.20 bits per heavy atom. The van der Waals surface area contributed by atoms with Crippen molar-refractivity contribution in [3.05, 3.63) is 41.5 Å². The van der Waals surface area contributed by atoms with Crippen molar-refractivity contribution < 1.29 is 0 Å². The number of thiazole rings is 1. The van der Waals surface area contributed by atoms with Gasteiger partial charge in [-0.1, -0.05) is 6.07 Å². The predicted octanol–water partition coefficient (Wildman–Crippen LogP) is 3.87. The average molecular weight is 347 g/mol. The van der Waals surface area contributed by atoms with Gasteiger partial charge in [0, 0.05) is 23.5 Å². The first kappa shape index (κ1) is 14.2. The number of nitrogens with zero attached hydrogens (tertiary/aromatic N) is 5. The lowest BCUT2D eigenvalue weighted by Crippen LogP contribution is -2.00. The maximum absolute atomic E-state index is 4.64. The molecule has 0 saturated heterocycles. The molecule has 1 aromatic carbocycles. The number of benzene rings is 1. The van der Waals surface area contributed by atoms with E-state index in [1.807, 2.05) is 23.7 Å². The quantitative estimate of drug-likeness (QED) is 0.587. The van der Waals surface area contributed by atoms with Crippen LogP contribution < -0.4 is 5.32 Å². The molecule has 0 spiro atoms.